The van der Waals surface area contributed by atoms with Gasteiger partial charge in [0, 0.05) is 26.7 Å². The molecule has 4 nitrogen and oxygen atoms in total. The van der Waals surface area contributed by atoms with Crippen molar-refractivity contribution in [2.24, 2.45) is 10.9 Å². The van der Waals surface area contributed by atoms with Gasteiger partial charge in [0.1, 0.15) is 0 Å². The second-order valence-corrected chi connectivity index (χ2v) is 5.89. The summed E-state index contributed by atoms with van der Waals surface area (Å²) >= 11 is 0. The van der Waals surface area contributed by atoms with Crippen molar-refractivity contribution < 1.29 is 17.9 Å². The van der Waals surface area contributed by atoms with Crippen molar-refractivity contribution in [2.45, 2.75) is 25.4 Å². The Morgan fingerprint density at radius 2 is 1.80 bits per heavy atom. The maximum Gasteiger partial charge on any atom is 0.416 e. The molecule has 0 aliphatic heterocycles. The molecule has 142 valence electrons. The van der Waals surface area contributed by atoms with E-state index in [9.17, 15) is 13.2 Å². The summed E-state index contributed by atoms with van der Waals surface area (Å²) in [6.45, 7) is 2.73. The molecule has 0 saturated heterocycles. The van der Waals surface area contributed by atoms with E-state index in [4.69, 9.17) is 4.74 Å². The van der Waals surface area contributed by atoms with Crippen LogP contribution in [-0.4, -0.2) is 39.3 Å². The van der Waals surface area contributed by atoms with Gasteiger partial charge in [0.2, 0.25) is 0 Å². The summed E-state index contributed by atoms with van der Waals surface area (Å²) in [4.78, 5) is 4.10. The van der Waals surface area contributed by atoms with Crippen LogP contribution in [-0.2, 0) is 17.3 Å². The summed E-state index contributed by atoms with van der Waals surface area (Å²) in [5.74, 6) is 1.42. The van der Waals surface area contributed by atoms with E-state index >= 15 is 0 Å². The Morgan fingerprint density at radius 1 is 1.16 bits per heavy atom. The first kappa shape index (κ1) is 22.0. The highest BCUT2D eigenvalue weighted by atomic mass is 127. The van der Waals surface area contributed by atoms with E-state index in [-0.39, 0.29) is 24.0 Å². The molecular weight excluding hydrogens is 446 g/mol. The van der Waals surface area contributed by atoms with Gasteiger partial charge in [-0.3, -0.25) is 4.99 Å². The molecule has 0 atom stereocenters. The second kappa shape index (κ2) is 10.8. The average Bonchev–Trinajstić information content (AvgIpc) is 3.37. The van der Waals surface area contributed by atoms with Gasteiger partial charge in [-0.15, -0.1) is 24.0 Å². The molecule has 25 heavy (non-hydrogen) atoms. The number of hydrogen-bond acceptors (Lipinski definition) is 2. The fraction of sp³-hybridized carbons (Fsp3) is 0.588. The summed E-state index contributed by atoms with van der Waals surface area (Å²) in [5, 5.41) is 6.28. The number of halogens is 4. The van der Waals surface area contributed by atoms with Crippen molar-refractivity contribution in [2.75, 3.05) is 33.4 Å². The quantitative estimate of drug-likeness (QED) is 0.264. The highest BCUT2D eigenvalue weighted by Gasteiger charge is 2.29. The van der Waals surface area contributed by atoms with Crippen LogP contribution in [0.25, 0.3) is 0 Å². The van der Waals surface area contributed by atoms with Gasteiger partial charge in [0.25, 0.3) is 0 Å². The van der Waals surface area contributed by atoms with Crippen LogP contribution in [0.3, 0.4) is 0 Å². The van der Waals surface area contributed by atoms with Crippen LogP contribution in [0.5, 0.6) is 0 Å². The van der Waals surface area contributed by atoms with E-state index < -0.39 is 11.7 Å². The largest absolute Gasteiger partial charge is 0.416 e. The van der Waals surface area contributed by atoms with Gasteiger partial charge in [-0.2, -0.15) is 13.2 Å². The number of hydrogen-bond donors (Lipinski definition) is 2. The molecule has 8 heteroatoms. The molecule has 2 rings (SSSR count). The minimum atomic E-state index is -4.29. The van der Waals surface area contributed by atoms with Crippen molar-refractivity contribution in [3.05, 3.63) is 35.4 Å². The van der Waals surface area contributed by atoms with Crippen molar-refractivity contribution in [3.8, 4) is 0 Å². The second-order valence-electron chi connectivity index (χ2n) is 5.89. The third-order valence-electron chi connectivity index (χ3n) is 3.80. The zero-order valence-corrected chi connectivity index (χ0v) is 16.6. The van der Waals surface area contributed by atoms with Crippen molar-refractivity contribution in [1.29, 1.82) is 0 Å². The van der Waals surface area contributed by atoms with Gasteiger partial charge in [0.05, 0.1) is 12.2 Å². The Hall–Kier alpha value is -1.03. The highest BCUT2D eigenvalue weighted by Crippen LogP contribution is 2.29. The topological polar surface area (TPSA) is 45.7 Å². The van der Waals surface area contributed by atoms with Crippen molar-refractivity contribution in [1.82, 2.24) is 10.6 Å². The van der Waals surface area contributed by atoms with Crippen LogP contribution in [0.15, 0.2) is 29.3 Å². The molecule has 0 heterocycles. The lowest BCUT2D eigenvalue weighted by Crippen LogP contribution is -2.39. The lowest BCUT2D eigenvalue weighted by atomic mass is 10.1. The number of alkyl halides is 3. The Labute approximate surface area is 163 Å². The number of rotatable bonds is 8. The van der Waals surface area contributed by atoms with Gasteiger partial charge in [0.15, 0.2) is 5.96 Å². The number of nitrogens with zero attached hydrogens (tertiary/aromatic N) is 1. The molecule has 0 aromatic heterocycles. The first-order valence-corrected chi connectivity index (χ1v) is 8.17. The van der Waals surface area contributed by atoms with Gasteiger partial charge >= 0.3 is 6.18 Å². The molecule has 1 aliphatic rings. The Bertz CT molecular complexity index is 531. The molecule has 0 spiro atoms. The van der Waals surface area contributed by atoms with Crippen LogP contribution in [0.2, 0.25) is 0 Å². The van der Waals surface area contributed by atoms with Crippen molar-refractivity contribution >= 4 is 29.9 Å². The zero-order chi connectivity index (χ0) is 17.4. The number of guanidine groups is 1. The smallest absolute Gasteiger partial charge is 0.379 e. The SMILES string of the molecule is CN=C(NCCOCC1CC1)NCCc1ccc(C(F)(F)F)cc1.I. The van der Waals surface area contributed by atoms with E-state index in [2.05, 4.69) is 15.6 Å². The van der Waals surface area contributed by atoms with Crippen LogP contribution in [0.1, 0.15) is 24.0 Å². The molecule has 1 aromatic carbocycles. The fourth-order valence-electron chi connectivity index (χ4n) is 2.18. The molecular formula is C17H25F3IN3O. The Morgan fingerprint density at radius 3 is 2.36 bits per heavy atom. The van der Waals surface area contributed by atoms with E-state index in [0.717, 1.165) is 30.2 Å². The van der Waals surface area contributed by atoms with Gasteiger partial charge in [-0.25, -0.2) is 0 Å². The Balaban J connectivity index is 0.00000312. The third-order valence-corrected chi connectivity index (χ3v) is 3.80. The molecule has 1 fully saturated rings. The van der Waals surface area contributed by atoms with E-state index in [1.54, 1.807) is 7.05 Å². The first-order chi connectivity index (χ1) is 11.5. The summed E-state index contributed by atoms with van der Waals surface area (Å²) in [6.07, 6.45) is -1.11. The molecule has 1 aromatic rings. The number of aliphatic imine (C=N–C) groups is 1. The maximum absolute atomic E-state index is 12.5. The standard InChI is InChI=1S/C17H24F3N3O.HI/c1-21-16(23-10-11-24-12-14-2-3-14)22-9-8-13-4-6-15(7-5-13)17(18,19)20;/h4-7,14H,2-3,8-12H2,1H3,(H2,21,22,23);1H. The summed E-state index contributed by atoms with van der Waals surface area (Å²) in [7, 11) is 1.68. The minimum Gasteiger partial charge on any atom is -0.379 e. The van der Waals surface area contributed by atoms with Gasteiger partial charge < -0.3 is 15.4 Å². The monoisotopic (exact) mass is 471 g/mol. The average molecular weight is 471 g/mol. The molecule has 2 N–H and O–H groups in total. The number of nitrogens with one attached hydrogen (secondary N) is 2. The van der Waals surface area contributed by atoms with Gasteiger partial charge in [-0.05, 0) is 42.9 Å². The van der Waals surface area contributed by atoms with E-state index in [0.29, 0.717) is 32.1 Å². The maximum atomic E-state index is 12.5. The molecule has 0 radical (unpaired) electrons. The zero-order valence-electron chi connectivity index (χ0n) is 14.2. The third kappa shape index (κ3) is 8.75. The van der Waals surface area contributed by atoms with Crippen LogP contribution in [0.4, 0.5) is 13.2 Å². The lowest BCUT2D eigenvalue weighted by Gasteiger charge is -2.12. The predicted octanol–water partition coefficient (Wildman–Crippen LogP) is 3.46. The molecule has 0 bridgehead atoms. The van der Waals surface area contributed by atoms with Crippen LogP contribution < -0.4 is 10.6 Å². The van der Waals surface area contributed by atoms with Gasteiger partial charge in [-0.1, -0.05) is 12.1 Å². The molecule has 0 unspecified atom stereocenters. The molecule has 1 aliphatic carbocycles. The van der Waals surface area contributed by atoms with Crippen molar-refractivity contribution in [3.63, 3.8) is 0 Å². The highest BCUT2D eigenvalue weighted by molar-refractivity contribution is 14.0. The summed E-state index contributed by atoms with van der Waals surface area (Å²) in [6, 6.07) is 5.23. The summed E-state index contributed by atoms with van der Waals surface area (Å²) in [5.41, 5.74) is 0.224. The molecule has 0 amide bonds. The predicted molar refractivity (Wildman–Crippen MR) is 103 cm³/mol. The fourth-order valence-corrected chi connectivity index (χ4v) is 2.18. The molecule has 1 saturated carbocycles. The number of ether oxygens (including phenoxy) is 1. The van der Waals surface area contributed by atoms with E-state index in [1.807, 2.05) is 0 Å². The normalized spacial score (nSPS) is 14.8. The number of benzene rings is 1. The van der Waals surface area contributed by atoms with Crippen LogP contribution >= 0.6 is 24.0 Å². The minimum absolute atomic E-state index is 0. The lowest BCUT2D eigenvalue weighted by molar-refractivity contribution is -0.137. The van der Waals surface area contributed by atoms with E-state index in [1.165, 1.54) is 25.0 Å². The van der Waals surface area contributed by atoms with Crippen LogP contribution in [0, 0.1) is 5.92 Å². The first-order valence-electron chi connectivity index (χ1n) is 8.17. The summed E-state index contributed by atoms with van der Waals surface area (Å²) < 4.78 is 43.0. The Kier molecular flexibility index (Phi) is 9.55.